The maximum atomic E-state index is 12.6. The predicted molar refractivity (Wildman–Crippen MR) is 227 cm³/mol. The van der Waals surface area contributed by atoms with Gasteiger partial charge in [-0.05, 0) is 70.6 Å². The molecule has 3 atom stereocenters. The highest BCUT2D eigenvalue weighted by Gasteiger charge is 2.27. The van der Waals surface area contributed by atoms with Crippen molar-refractivity contribution in [2.45, 2.75) is 225 Å². The van der Waals surface area contributed by atoms with E-state index in [2.05, 4.69) is 55.6 Å². The maximum Gasteiger partial charge on any atom is 0.267 e. The zero-order valence-electron chi connectivity index (χ0n) is 34.2. The van der Waals surface area contributed by atoms with Crippen LogP contribution in [0.15, 0.2) is 48.6 Å². The van der Waals surface area contributed by atoms with Crippen LogP contribution in [0.1, 0.15) is 206 Å². The van der Waals surface area contributed by atoms with Gasteiger partial charge in [0.05, 0.1) is 17.9 Å². The second-order valence-electron chi connectivity index (χ2n) is 15.1. The first-order chi connectivity index (χ1) is 25.7. The third-order valence-corrected chi connectivity index (χ3v) is 10.6. The molecule has 0 saturated heterocycles. The Kier molecular flexibility index (Phi) is 37.3. The summed E-state index contributed by atoms with van der Waals surface area (Å²) < 4.78 is 32.5. The lowest BCUT2D eigenvalue weighted by Gasteiger charge is -2.22. The monoisotopic (exact) mass is 766 g/mol. The molecule has 0 aliphatic carbocycles. The van der Waals surface area contributed by atoms with Crippen LogP contribution in [0.4, 0.5) is 0 Å². The molecule has 0 aliphatic heterocycles. The Labute approximate surface area is 327 Å². The Morgan fingerprint density at radius 1 is 0.509 bits per heavy atom. The van der Waals surface area contributed by atoms with Crippen LogP contribution in [0, 0.1) is 0 Å². The Bertz CT molecular complexity index is 1040. The van der Waals surface area contributed by atoms with Gasteiger partial charge in [0.2, 0.25) is 5.91 Å². The van der Waals surface area contributed by atoms with Crippen LogP contribution in [0.5, 0.6) is 0 Å². The van der Waals surface area contributed by atoms with Crippen LogP contribution in [0.2, 0.25) is 0 Å². The molecule has 0 spiro atoms. The van der Waals surface area contributed by atoms with Crippen molar-refractivity contribution < 1.29 is 28.0 Å². The van der Waals surface area contributed by atoms with Crippen molar-refractivity contribution in [1.29, 1.82) is 0 Å². The molecule has 53 heavy (non-hydrogen) atoms. The van der Waals surface area contributed by atoms with E-state index < -0.39 is 40.0 Å². The van der Waals surface area contributed by atoms with E-state index in [-0.39, 0.29) is 6.42 Å². The number of carbonyl (C=O) groups is 1. The molecule has 7 nitrogen and oxygen atoms in total. The van der Waals surface area contributed by atoms with E-state index in [4.69, 9.17) is 0 Å². The number of hydrogen-bond donors (Lipinski definition) is 4. The van der Waals surface area contributed by atoms with E-state index in [0.29, 0.717) is 12.8 Å². The van der Waals surface area contributed by atoms with E-state index in [1.54, 1.807) is 6.08 Å². The second-order valence-corrected chi connectivity index (χ2v) is 16.6. The van der Waals surface area contributed by atoms with E-state index in [0.717, 1.165) is 51.4 Å². The molecule has 0 fully saturated rings. The van der Waals surface area contributed by atoms with Gasteiger partial charge in [-0.25, -0.2) is 0 Å². The van der Waals surface area contributed by atoms with Gasteiger partial charge in [0, 0.05) is 0 Å². The van der Waals surface area contributed by atoms with Crippen LogP contribution in [-0.4, -0.2) is 53.1 Å². The summed E-state index contributed by atoms with van der Waals surface area (Å²) in [6, 6.07) is -1.26. The zero-order valence-corrected chi connectivity index (χ0v) is 35.1. The number of rotatable bonds is 39. The fourth-order valence-electron chi connectivity index (χ4n) is 6.42. The number of allylic oxidation sites excluding steroid dienone is 7. The van der Waals surface area contributed by atoms with Crippen LogP contribution in [-0.2, 0) is 14.9 Å². The number of aliphatic hydroxyl groups is 2. The quantitative estimate of drug-likeness (QED) is 0.0281. The van der Waals surface area contributed by atoms with Gasteiger partial charge in [-0.3, -0.25) is 9.35 Å². The van der Waals surface area contributed by atoms with Crippen molar-refractivity contribution in [1.82, 2.24) is 5.32 Å². The highest BCUT2D eigenvalue weighted by molar-refractivity contribution is 7.85. The lowest BCUT2D eigenvalue weighted by molar-refractivity contribution is -0.130. The highest BCUT2D eigenvalue weighted by Crippen LogP contribution is 2.14. The zero-order chi connectivity index (χ0) is 39.1. The lowest BCUT2D eigenvalue weighted by atomic mass is 10.0. The number of hydrogen-bond acceptors (Lipinski definition) is 5. The molecule has 4 N–H and O–H groups in total. The summed E-state index contributed by atoms with van der Waals surface area (Å²) >= 11 is 0. The molecular formula is C45H83NO6S. The molecule has 0 rings (SSSR count). The summed E-state index contributed by atoms with van der Waals surface area (Å²) in [6.45, 7) is 4.50. The maximum absolute atomic E-state index is 12.6. The number of nitrogens with one attached hydrogen (secondary N) is 1. The molecule has 0 aromatic rings. The topological polar surface area (TPSA) is 124 Å². The molecule has 0 aromatic carbocycles. The normalized spacial score (nSPS) is 14.3. The van der Waals surface area contributed by atoms with Crippen LogP contribution in [0.3, 0.4) is 0 Å². The average molecular weight is 766 g/mol. The predicted octanol–water partition coefficient (Wildman–Crippen LogP) is 12.0. The van der Waals surface area contributed by atoms with Gasteiger partial charge in [0.15, 0.2) is 0 Å². The standard InChI is InChI=1S/C45H83NO6S/c1-3-5-7-9-11-13-15-17-19-20-21-22-23-24-26-28-30-32-34-36-38-40-44(48)45(49)46-42(41-53(50,51)52)43(47)39-37-35-33-31-29-27-25-18-16-14-12-10-8-6-4-2/h16,18,23-24,29,31,37,39,42-44,47-48H,3-15,17,19-22,25-28,30,32-36,38,40-41H2,1-2H3,(H,46,49)(H,50,51,52)/b18-16+,24-23-,31-29+,39-37+. The minimum absolute atomic E-state index is 0.263. The Balaban J connectivity index is 4.04. The van der Waals surface area contributed by atoms with Crippen LogP contribution < -0.4 is 5.32 Å². The third kappa shape index (κ3) is 38.3. The van der Waals surface area contributed by atoms with Crippen molar-refractivity contribution in [3.63, 3.8) is 0 Å². The van der Waals surface area contributed by atoms with Crippen molar-refractivity contribution in [2.75, 3.05) is 5.75 Å². The van der Waals surface area contributed by atoms with Crippen LogP contribution in [0.25, 0.3) is 0 Å². The number of aliphatic hydroxyl groups excluding tert-OH is 2. The third-order valence-electron chi connectivity index (χ3n) is 9.81. The van der Waals surface area contributed by atoms with Crippen molar-refractivity contribution in [2.24, 2.45) is 0 Å². The van der Waals surface area contributed by atoms with Gasteiger partial charge < -0.3 is 15.5 Å². The van der Waals surface area contributed by atoms with Gasteiger partial charge in [0.25, 0.3) is 10.1 Å². The molecule has 0 heterocycles. The molecular weight excluding hydrogens is 683 g/mol. The van der Waals surface area contributed by atoms with E-state index in [9.17, 15) is 28.0 Å². The van der Waals surface area contributed by atoms with Crippen LogP contribution >= 0.6 is 0 Å². The SMILES string of the molecule is CCCCCCC/C=C/CC/C=C/CC/C=C/C(O)C(CS(=O)(=O)O)NC(=O)C(O)CCCCCCCC/C=C\CCCCCCCCCCCCC. The first-order valence-electron chi connectivity index (χ1n) is 21.9. The molecule has 310 valence electrons. The minimum Gasteiger partial charge on any atom is -0.387 e. The number of unbranched alkanes of at least 4 members (excludes halogenated alkanes) is 24. The smallest absolute Gasteiger partial charge is 0.267 e. The summed E-state index contributed by atoms with van der Waals surface area (Å²) in [4.78, 5) is 12.6. The average Bonchev–Trinajstić information content (AvgIpc) is 3.12. The van der Waals surface area contributed by atoms with Gasteiger partial charge >= 0.3 is 0 Å². The molecule has 0 aromatic heterocycles. The fraction of sp³-hybridized carbons (Fsp3) is 0.800. The Hall–Kier alpha value is -1.74. The first-order valence-corrected chi connectivity index (χ1v) is 23.6. The minimum atomic E-state index is -4.46. The van der Waals surface area contributed by atoms with Crippen molar-refractivity contribution in [3.05, 3.63) is 48.6 Å². The summed E-state index contributed by atoms with van der Waals surface area (Å²) in [5.74, 6) is -1.57. The Morgan fingerprint density at radius 2 is 0.849 bits per heavy atom. The molecule has 0 aliphatic rings. The molecule has 0 saturated carbocycles. The number of carbonyl (C=O) groups excluding carboxylic acids is 1. The molecule has 1 amide bonds. The van der Waals surface area contributed by atoms with E-state index in [1.165, 1.54) is 128 Å². The van der Waals surface area contributed by atoms with E-state index >= 15 is 0 Å². The second kappa shape index (κ2) is 38.5. The molecule has 3 unspecified atom stereocenters. The lowest BCUT2D eigenvalue weighted by Crippen LogP contribution is -2.50. The Morgan fingerprint density at radius 3 is 1.25 bits per heavy atom. The summed E-state index contributed by atoms with van der Waals surface area (Å²) in [7, 11) is -4.46. The largest absolute Gasteiger partial charge is 0.387 e. The summed E-state index contributed by atoms with van der Waals surface area (Å²) in [5.41, 5.74) is 0. The molecule has 0 radical (unpaired) electrons. The van der Waals surface area contributed by atoms with Crippen molar-refractivity contribution >= 4 is 16.0 Å². The van der Waals surface area contributed by atoms with Gasteiger partial charge in [-0.2, -0.15) is 8.42 Å². The van der Waals surface area contributed by atoms with Gasteiger partial charge in [0.1, 0.15) is 6.10 Å². The first kappa shape index (κ1) is 51.3. The van der Waals surface area contributed by atoms with Crippen molar-refractivity contribution in [3.8, 4) is 0 Å². The molecule has 0 bridgehead atoms. The van der Waals surface area contributed by atoms with Gasteiger partial charge in [-0.1, -0.05) is 184 Å². The molecule has 8 heteroatoms. The number of amides is 1. The fourth-order valence-corrected chi connectivity index (χ4v) is 7.16. The highest BCUT2D eigenvalue weighted by atomic mass is 32.2. The van der Waals surface area contributed by atoms with Gasteiger partial charge in [-0.15, -0.1) is 0 Å². The summed E-state index contributed by atoms with van der Waals surface area (Å²) in [6.07, 6.45) is 48.8. The summed E-state index contributed by atoms with van der Waals surface area (Å²) in [5, 5.41) is 23.4. The van der Waals surface area contributed by atoms with E-state index in [1.807, 2.05) is 0 Å².